The summed E-state index contributed by atoms with van der Waals surface area (Å²) in [6.07, 6.45) is 4.14. The van der Waals surface area contributed by atoms with Gasteiger partial charge in [0.1, 0.15) is 0 Å². The molecule has 116 valence electrons. The predicted molar refractivity (Wildman–Crippen MR) is 99.5 cm³/mol. The minimum Gasteiger partial charge on any atom is -0.276 e. The summed E-state index contributed by atoms with van der Waals surface area (Å²) >= 11 is 0. The number of hydrogen-bond acceptors (Lipinski definition) is 1. The van der Waals surface area contributed by atoms with Crippen molar-refractivity contribution in [2.75, 3.05) is 4.90 Å². The van der Waals surface area contributed by atoms with Gasteiger partial charge in [-0.25, -0.2) is 0 Å². The third kappa shape index (κ3) is 2.33. The Kier molecular flexibility index (Phi) is 3.51. The molecule has 0 unspecified atom stereocenters. The number of rotatable bonds is 1. The first-order chi connectivity index (χ1) is 11.8. The minimum absolute atomic E-state index is 0.00306. The highest BCUT2D eigenvalue weighted by Crippen LogP contribution is 2.37. The SMILES string of the molecule is Cc1ccccc1C(=O)N1c2ccccc2C=Cc2ccccc21. The molecule has 1 aliphatic rings. The Morgan fingerprint density at radius 1 is 0.708 bits per heavy atom. The van der Waals surface area contributed by atoms with E-state index in [-0.39, 0.29) is 5.91 Å². The maximum atomic E-state index is 13.4. The largest absolute Gasteiger partial charge is 0.276 e. The molecule has 0 N–H and O–H groups in total. The molecule has 0 radical (unpaired) electrons. The van der Waals surface area contributed by atoms with Crippen LogP contribution in [-0.4, -0.2) is 5.91 Å². The lowest BCUT2D eigenvalue weighted by Crippen LogP contribution is -2.27. The van der Waals surface area contributed by atoms with Crippen LogP contribution in [0.1, 0.15) is 27.0 Å². The Bertz CT molecular complexity index is 906. The quantitative estimate of drug-likeness (QED) is 0.584. The molecule has 3 aromatic carbocycles. The molecule has 24 heavy (non-hydrogen) atoms. The molecule has 1 heterocycles. The van der Waals surface area contributed by atoms with Crippen LogP contribution < -0.4 is 4.90 Å². The highest BCUT2D eigenvalue weighted by atomic mass is 16.2. The van der Waals surface area contributed by atoms with Gasteiger partial charge in [0.2, 0.25) is 0 Å². The normalized spacial score (nSPS) is 12.3. The monoisotopic (exact) mass is 311 g/mol. The van der Waals surface area contributed by atoms with E-state index in [4.69, 9.17) is 0 Å². The number of carbonyl (C=O) groups excluding carboxylic acids is 1. The first kappa shape index (κ1) is 14.5. The average molecular weight is 311 g/mol. The highest BCUT2D eigenvalue weighted by Gasteiger charge is 2.25. The number of para-hydroxylation sites is 2. The summed E-state index contributed by atoms with van der Waals surface area (Å²) in [4.78, 5) is 15.2. The molecular weight excluding hydrogens is 294 g/mol. The van der Waals surface area contributed by atoms with Crippen molar-refractivity contribution < 1.29 is 4.79 Å². The fourth-order valence-electron chi connectivity index (χ4n) is 3.13. The van der Waals surface area contributed by atoms with Crippen LogP contribution >= 0.6 is 0 Å². The summed E-state index contributed by atoms with van der Waals surface area (Å²) < 4.78 is 0. The van der Waals surface area contributed by atoms with E-state index in [1.165, 1.54) is 0 Å². The van der Waals surface area contributed by atoms with Crippen LogP contribution in [0, 0.1) is 6.92 Å². The zero-order valence-corrected chi connectivity index (χ0v) is 13.4. The summed E-state index contributed by atoms with van der Waals surface area (Å²) in [6, 6.07) is 23.7. The third-order valence-electron chi connectivity index (χ3n) is 4.38. The zero-order valence-electron chi connectivity index (χ0n) is 13.4. The van der Waals surface area contributed by atoms with Crippen LogP contribution in [0.15, 0.2) is 72.8 Å². The van der Waals surface area contributed by atoms with Crippen LogP contribution in [0.2, 0.25) is 0 Å². The number of anilines is 2. The van der Waals surface area contributed by atoms with E-state index in [1.54, 1.807) is 0 Å². The number of aryl methyl sites for hydroxylation is 1. The van der Waals surface area contributed by atoms with Gasteiger partial charge in [-0.3, -0.25) is 9.69 Å². The number of nitrogens with zero attached hydrogens (tertiary/aromatic N) is 1. The first-order valence-corrected chi connectivity index (χ1v) is 8.02. The van der Waals surface area contributed by atoms with Gasteiger partial charge in [0.05, 0.1) is 11.4 Å². The smallest absolute Gasteiger partial charge is 0.263 e. The maximum Gasteiger partial charge on any atom is 0.263 e. The Balaban J connectivity index is 1.96. The van der Waals surface area contributed by atoms with Gasteiger partial charge >= 0.3 is 0 Å². The molecule has 2 heteroatoms. The Morgan fingerprint density at radius 2 is 1.21 bits per heavy atom. The van der Waals surface area contributed by atoms with E-state index in [0.29, 0.717) is 0 Å². The Morgan fingerprint density at radius 3 is 1.79 bits per heavy atom. The second kappa shape index (κ2) is 5.82. The van der Waals surface area contributed by atoms with Gasteiger partial charge in [-0.15, -0.1) is 0 Å². The highest BCUT2D eigenvalue weighted by molar-refractivity contribution is 6.14. The van der Waals surface area contributed by atoms with E-state index >= 15 is 0 Å². The molecule has 0 bridgehead atoms. The Labute approximate surface area is 141 Å². The number of amides is 1. The van der Waals surface area contributed by atoms with Crippen molar-refractivity contribution in [3.63, 3.8) is 0 Å². The fraction of sp³-hybridized carbons (Fsp3) is 0.0455. The summed E-state index contributed by atoms with van der Waals surface area (Å²) in [7, 11) is 0. The summed E-state index contributed by atoms with van der Waals surface area (Å²) in [5.41, 5.74) is 5.60. The second-order valence-electron chi connectivity index (χ2n) is 5.91. The molecule has 3 aromatic rings. The topological polar surface area (TPSA) is 20.3 Å². The summed E-state index contributed by atoms with van der Waals surface area (Å²) in [5.74, 6) is -0.00306. The molecule has 1 amide bonds. The summed E-state index contributed by atoms with van der Waals surface area (Å²) in [5, 5.41) is 0. The predicted octanol–water partition coefficient (Wildman–Crippen LogP) is 5.46. The number of benzene rings is 3. The fourth-order valence-corrected chi connectivity index (χ4v) is 3.13. The van der Waals surface area contributed by atoms with Gasteiger partial charge in [-0.2, -0.15) is 0 Å². The van der Waals surface area contributed by atoms with Crippen molar-refractivity contribution >= 4 is 29.4 Å². The molecule has 2 nitrogen and oxygen atoms in total. The third-order valence-corrected chi connectivity index (χ3v) is 4.38. The second-order valence-corrected chi connectivity index (χ2v) is 5.91. The van der Waals surface area contributed by atoms with Gasteiger partial charge in [-0.05, 0) is 41.8 Å². The number of fused-ring (bicyclic) bond motifs is 2. The van der Waals surface area contributed by atoms with Crippen molar-refractivity contribution in [1.82, 2.24) is 0 Å². The lowest BCUT2D eigenvalue weighted by Gasteiger charge is -2.25. The standard InChI is InChI=1S/C22H17NO/c1-16-8-2-5-11-19(16)22(24)23-20-12-6-3-9-17(20)14-15-18-10-4-7-13-21(18)23/h2-15H,1H3. The molecule has 0 aliphatic carbocycles. The van der Waals surface area contributed by atoms with Gasteiger partial charge in [0.25, 0.3) is 5.91 Å². The molecule has 0 fully saturated rings. The number of hydrogen-bond donors (Lipinski definition) is 0. The Hall–Kier alpha value is -3.13. The zero-order chi connectivity index (χ0) is 16.5. The lowest BCUT2D eigenvalue weighted by atomic mass is 10.1. The van der Waals surface area contributed by atoms with Crippen molar-refractivity contribution in [3.05, 3.63) is 95.1 Å². The molecule has 0 aromatic heterocycles. The van der Waals surface area contributed by atoms with Gasteiger partial charge in [-0.1, -0.05) is 66.7 Å². The van der Waals surface area contributed by atoms with Gasteiger partial charge in [0.15, 0.2) is 0 Å². The molecule has 0 saturated heterocycles. The molecule has 4 rings (SSSR count). The van der Waals surface area contributed by atoms with E-state index < -0.39 is 0 Å². The average Bonchev–Trinajstić information content (AvgIpc) is 2.78. The van der Waals surface area contributed by atoms with E-state index in [2.05, 4.69) is 12.2 Å². The molecule has 0 atom stereocenters. The molecule has 1 aliphatic heterocycles. The van der Waals surface area contributed by atoms with Crippen LogP contribution in [0.25, 0.3) is 12.2 Å². The van der Waals surface area contributed by atoms with Gasteiger partial charge < -0.3 is 0 Å². The first-order valence-electron chi connectivity index (χ1n) is 8.02. The van der Waals surface area contributed by atoms with Crippen molar-refractivity contribution in [3.8, 4) is 0 Å². The van der Waals surface area contributed by atoms with Crippen molar-refractivity contribution in [2.24, 2.45) is 0 Å². The maximum absolute atomic E-state index is 13.4. The van der Waals surface area contributed by atoms with E-state index in [1.807, 2.05) is 84.6 Å². The molecule has 0 spiro atoms. The van der Waals surface area contributed by atoms with E-state index in [0.717, 1.165) is 33.6 Å². The summed E-state index contributed by atoms with van der Waals surface area (Å²) in [6.45, 7) is 1.97. The van der Waals surface area contributed by atoms with Gasteiger partial charge in [0, 0.05) is 5.56 Å². The van der Waals surface area contributed by atoms with Crippen LogP contribution in [0.5, 0.6) is 0 Å². The minimum atomic E-state index is -0.00306. The number of carbonyl (C=O) groups is 1. The molecule has 0 saturated carbocycles. The van der Waals surface area contributed by atoms with Crippen LogP contribution in [-0.2, 0) is 0 Å². The van der Waals surface area contributed by atoms with Crippen molar-refractivity contribution in [2.45, 2.75) is 6.92 Å². The van der Waals surface area contributed by atoms with Crippen molar-refractivity contribution in [1.29, 1.82) is 0 Å². The van der Waals surface area contributed by atoms with Crippen LogP contribution in [0.4, 0.5) is 11.4 Å². The van der Waals surface area contributed by atoms with E-state index in [9.17, 15) is 4.79 Å². The van der Waals surface area contributed by atoms with Crippen LogP contribution in [0.3, 0.4) is 0 Å². The lowest BCUT2D eigenvalue weighted by molar-refractivity contribution is 0.0998. The molecular formula is C22H17NO.